The molecule has 30 heavy (non-hydrogen) atoms. The van der Waals surface area contributed by atoms with Crippen LogP contribution in [0.5, 0.6) is 0 Å². The van der Waals surface area contributed by atoms with Crippen LogP contribution < -0.4 is 5.32 Å². The number of piperidine rings is 1. The Morgan fingerprint density at radius 3 is 2.63 bits per heavy atom. The van der Waals surface area contributed by atoms with Crippen molar-refractivity contribution in [1.82, 2.24) is 14.7 Å². The number of likely N-dealkylation sites (tertiary alicyclic amines) is 1. The van der Waals surface area contributed by atoms with Gasteiger partial charge in [0.05, 0.1) is 16.1 Å². The Morgan fingerprint density at radius 1 is 1.20 bits per heavy atom. The molecule has 10 heteroatoms. The number of halogens is 5. The Bertz CT molecular complexity index is 962. The van der Waals surface area contributed by atoms with Gasteiger partial charge in [0.2, 0.25) is 0 Å². The molecule has 1 aromatic heterocycles. The molecule has 5 nitrogen and oxygen atoms in total. The van der Waals surface area contributed by atoms with E-state index in [1.54, 1.807) is 23.1 Å². The molecular weight excluding hydrogens is 440 g/mol. The van der Waals surface area contributed by atoms with Crippen molar-refractivity contribution in [3.05, 3.63) is 45.6 Å². The molecule has 0 aliphatic carbocycles. The lowest BCUT2D eigenvalue weighted by molar-refractivity contribution is -0.173. The van der Waals surface area contributed by atoms with E-state index in [9.17, 15) is 18.0 Å². The molecule has 162 valence electrons. The molecule has 2 aliphatic rings. The number of aromatic nitrogens is 2. The number of fused-ring (bicyclic) bond motifs is 1. The summed E-state index contributed by atoms with van der Waals surface area (Å²) >= 11 is 12.0. The van der Waals surface area contributed by atoms with Gasteiger partial charge in [-0.05, 0) is 43.9 Å². The molecule has 0 saturated carbocycles. The van der Waals surface area contributed by atoms with E-state index >= 15 is 0 Å². The monoisotopic (exact) mass is 460 g/mol. The van der Waals surface area contributed by atoms with E-state index in [1.807, 2.05) is 6.92 Å². The van der Waals surface area contributed by atoms with Crippen molar-refractivity contribution in [1.29, 1.82) is 0 Å². The van der Waals surface area contributed by atoms with Crippen molar-refractivity contribution in [2.75, 3.05) is 11.9 Å². The second kappa shape index (κ2) is 7.96. The summed E-state index contributed by atoms with van der Waals surface area (Å²) in [6.45, 7) is 2.54. The highest BCUT2D eigenvalue weighted by Gasteiger charge is 2.47. The lowest BCUT2D eigenvalue weighted by Crippen LogP contribution is -2.42. The zero-order valence-electron chi connectivity index (χ0n) is 16.2. The fourth-order valence-corrected chi connectivity index (χ4v) is 4.48. The van der Waals surface area contributed by atoms with E-state index in [1.165, 1.54) is 6.07 Å². The smallest absolute Gasteiger partial charge is 0.363 e. The minimum atomic E-state index is -4.52. The molecule has 1 N–H and O–H groups in total. The Kier molecular flexibility index (Phi) is 5.66. The molecule has 1 saturated heterocycles. The summed E-state index contributed by atoms with van der Waals surface area (Å²) in [6, 6.07) is 3.71. The Morgan fingerprint density at radius 2 is 1.97 bits per heavy atom. The molecule has 0 unspecified atom stereocenters. The lowest BCUT2D eigenvalue weighted by Gasteiger charge is -2.33. The van der Waals surface area contributed by atoms with E-state index < -0.39 is 18.3 Å². The van der Waals surface area contributed by atoms with Crippen molar-refractivity contribution in [3.63, 3.8) is 0 Å². The van der Waals surface area contributed by atoms with Crippen LogP contribution in [0, 0.1) is 0 Å². The van der Waals surface area contributed by atoms with E-state index in [0.717, 1.165) is 23.9 Å². The molecule has 2 aliphatic heterocycles. The number of hydrogen-bond acceptors (Lipinski definition) is 3. The number of benzene rings is 1. The van der Waals surface area contributed by atoms with E-state index in [0.29, 0.717) is 17.1 Å². The highest BCUT2D eigenvalue weighted by atomic mass is 35.5. The van der Waals surface area contributed by atoms with Crippen LogP contribution in [0.3, 0.4) is 0 Å². The highest BCUT2D eigenvalue weighted by molar-refractivity contribution is 6.42. The molecule has 4 rings (SSSR count). The van der Waals surface area contributed by atoms with Crippen molar-refractivity contribution in [2.24, 2.45) is 0 Å². The predicted octanol–water partition coefficient (Wildman–Crippen LogP) is 5.86. The van der Waals surface area contributed by atoms with Gasteiger partial charge in [0.1, 0.15) is 5.82 Å². The second-order valence-corrected chi connectivity index (χ2v) is 8.68. The molecule has 3 atom stereocenters. The third kappa shape index (κ3) is 3.99. The van der Waals surface area contributed by atoms with Crippen LogP contribution in [0.2, 0.25) is 10.0 Å². The molecular formula is C20H21Cl2F3N4O. The molecule has 1 aromatic carbocycles. The average Bonchev–Trinajstić information content (AvgIpc) is 3.12. The SMILES string of the molecule is C[C@H]1CCCCN1C(=O)c1cc2n(n1)[C@H](C(F)(F)F)C[C@@H](c1ccc(Cl)c(Cl)c1)N2. The summed E-state index contributed by atoms with van der Waals surface area (Å²) in [5, 5.41) is 7.75. The van der Waals surface area contributed by atoms with Gasteiger partial charge in [-0.25, -0.2) is 4.68 Å². The molecule has 2 aromatic rings. The number of carbonyl (C=O) groups excluding carboxylic acids is 1. The Balaban J connectivity index is 1.68. The first-order chi connectivity index (χ1) is 14.1. The topological polar surface area (TPSA) is 50.2 Å². The summed E-state index contributed by atoms with van der Waals surface area (Å²) < 4.78 is 42.4. The number of carbonyl (C=O) groups is 1. The van der Waals surface area contributed by atoms with E-state index in [-0.39, 0.29) is 34.9 Å². The summed E-state index contributed by atoms with van der Waals surface area (Å²) in [7, 11) is 0. The third-order valence-corrected chi connectivity index (χ3v) is 6.56. The van der Waals surface area contributed by atoms with E-state index in [4.69, 9.17) is 23.2 Å². The van der Waals surface area contributed by atoms with Gasteiger partial charge >= 0.3 is 6.18 Å². The molecule has 3 heterocycles. The largest absolute Gasteiger partial charge is 0.410 e. The maximum atomic E-state index is 13.8. The van der Waals surface area contributed by atoms with Crippen LogP contribution in [0.1, 0.15) is 60.7 Å². The number of nitrogens with one attached hydrogen (secondary N) is 1. The Hall–Kier alpha value is -1.93. The third-order valence-electron chi connectivity index (χ3n) is 5.82. The van der Waals surface area contributed by atoms with Gasteiger partial charge < -0.3 is 10.2 Å². The normalized spacial score (nSPS) is 24.3. The lowest BCUT2D eigenvalue weighted by atomic mass is 9.97. The van der Waals surface area contributed by atoms with Gasteiger partial charge in [-0.3, -0.25) is 4.79 Å². The standard InChI is InChI=1S/C20H21Cl2F3N4O/c1-11-4-2-3-7-28(11)19(30)16-10-18-26-15(12-5-6-13(21)14(22)8-12)9-17(20(23,24)25)29(18)27-16/h5-6,8,10-11,15,17,26H,2-4,7,9H2,1H3/t11-,15-,17-/m0/s1. The fourth-order valence-electron chi connectivity index (χ4n) is 4.17. The number of hydrogen-bond donors (Lipinski definition) is 1. The van der Waals surface area contributed by atoms with Crippen LogP contribution in [-0.2, 0) is 0 Å². The van der Waals surface area contributed by atoms with Crippen LogP contribution in [-0.4, -0.2) is 39.4 Å². The maximum Gasteiger partial charge on any atom is 0.410 e. The van der Waals surface area contributed by atoms with Gasteiger partial charge in [-0.15, -0.1) is 0 Å². The zero-order valence-corrected chi connectivity index (χ0v) is 17.7. The van der Waals surface area contributed by atoms with Gasteiger partial charge in [-0.1, -0.05) is 29.3 Å². The summed E-state index contributed by atoms with van der Waals surface area (Å²) in [5.74, 6) is -0.175. The molecule has 0 radical (unpaired) electrons. The highest BCUT2D eigenvalue weighted by Crippen LogP contribution is 2.44. The maximum absolute atomic E-state index is 13.8. The first kappa shape index (κ1) is 21.3. The Labute approximate surface area is 182 Å². The minimum absolute atomic E-state index is 0.0234. The molecule has 1 amide bonds. The first-order valence-corrected chi connectivity index (χ1v) is 10.6. The summed E-state index contributed by atoms with van der Waals surface area (Å²) in [4.78, 5) is 14.6. The van der Waals surface area contributed by atoms with E-state index in [2.05, 4.69) is 10.4 Å². The van der Waals surface area contributed by atoms with Crippen LogP contribution in [0.25, 0.3) is 0 Å². The second-order valence-electron chi connectivity index (χ2n) is 7.87. The first-order valence-electron chi connectivity index (χ1n) is 9.84. The summed E-state index contributed by atoms with van der Waals surface area (Å²) in [6.07, 6.45) is -2.00. The van der Waals surface area contributed by atoms with Gasteiger partial charge in [0, 0.05) is 25.1 Å². The fraction of sp³-hybridized carbons (Fsp3) is 0.500. The van der Waals surface area contributed by atoms with Gasteiger partial charge in [0.15, 0.2) is 11.7 Å². The van der Waals surface area contributed by atoms with Gasteiger partial charge in [0.25, 0.3) is 5.91 Å². The molecule has 1 fully saturated rings. The van der Waals surface area contributed by atoms with Crippen molar-refractivity contribution in [3.8, 4) is 0 Å². The van der Waals surface area contributed by atoms with Crippen LogP contribution in [0.4, 0.5) is 19.0 Å². The number of alkyl halides is 3. The van der Waals surface area contributed by atoms with Crippen LogP contribution in [0.15, 0.2) is 24.3 Å². The number of rotatable bonds is 2. The quantitative estimate of drug-likeness (QED) is 0.609. The van der Waals surface area contributed by atoms with Crippen molar-refractivity contribution in [2.45, 2.75) is 56.9 Å². The van der Waals surface area contributed by atoms with Crippen LogP contribution >= 0.6 is 23.2 Å². The van der Waals surface area contributed by atoms with Gasteiger partial charge in [-0.2, -0.15) is 18.3 Å². The van der Waals surface area contributed by atoms with Crippen molar-refractivity contribution < 1.29 is 18.0 Å². The minimum Gasteiger partial charge on any atom is -0.363 e. The number of nitrogens with zero attached hydrogens (tertiary/aromatic N) is 3. The van der Waals surface area contributed by atoms with Crippen molar-refractivity contribution >= 4 is 34.9 Å². The molecule has 0 bridgehead atoms. The number of anilines is 1. The predicted molar refractivity (Wildman–Crippen MR) is 109 cm³/mol. The zero-order chi connectivity index (χ0) is 21.6. The molecule has 0 spiro atoms. The summed E-state index contributed by atoms with van der Waals surface area (Å²) in [5.41, 5.74) is 0.610. The average molecular weight is 461 g/mol. The number of amides is 1.